The fraction of sp³-hybridized carbons (Fsp3) is 0. The quantitative estimate of drug-likeness (QED) is 0.768. The third kappa shape index (κ3) is 3.53. The average Bonchev–Trinajstić information content (AvgIpc) is 2.43. The van der Waals surface area contributed by atoms with Gasteiger partial charge in [-0.3, -0.25) is 4.79 Å². The van der Waals surface area contributed by atoms with Crippen molar-refractivity contribution in [3.05, 3.63) is 57.0 Å². The van der Waals surface area contributed by atoms with Crippen molar-refractivity contribution in [1.29, 1.82) is 0 Å². The number of carboxylic acid groups (broad SMARTS) is 1. The smallest absolute Gasteiger partial charge is 0.335 e. The number of phenols is 1. The van der Waals surface area contributed by atoms with Gasteiger partial charge in [0.15, 0.2) is 0 Å². The van der Waals surface area contributed by atoms with Crippen molar-refractivity contribution in [3.63, 3.8) is 0 Å². The summed E-state index contributed by atoms with van der Waals surface area (Å²) in [4.78, 5) is 22.9. The Labute approximate surface area is 133 Å². The first-order valence-corrected chi connectivity index (χ1v) is 6.88. The van der Waals surface area contributed by atoms with Gasteiger partial charge >= 0.3 is 5.97 Å². The summed E-state index contributed by atoms with van der Waals surface area (Å²) >= 11 is 8.97. The molecule has 0 atom stereocenters. The van der Waals surface area contributed by atoms with Crippen molar-refractivity contribution >= 4 is 45.1 Å². The molecule has 2 aromatic rings. The van der Waals surface area contributed by atoms with Crippen LogP contribution in [0.25, 0.3) is 0 Å². The Morgan fingerprint density at radius 3 is 2.48 bits per heavy atom. The van der Waals surface area contributed by atoms with Crippen LogP contribution < -0.4 is 5.32 Å². The van der Waals surface area contributed by atoms with E-state index in [1.54, 1.807) is 0 Å². The molecule has 21 heavy (non-hydrogen) atoms. The lowest BCUT2D eigenvalue weighted by Crippen LogP contribution is -2.12. The number of hydrogen-bond donors (Lipinski definition) is 3. The molecule has 5 nitrogen and oxygen atoms in total. The zero-order valence-electron chi connectivity index (χ0n) is 10.4. The molecule has 1 amide bonds. The van der Waals surface area contributed by atoms with Crippen molar-refractivity contribution < 1.29 is 19.8 Å². The lowest BCUT2D eigenvalue weighted by molar-refractivity contribution is 0.0696. The number of aromatic carboxylic acids is 1. The Balaban J connectivity index is 2.27. The Morgan fingerprint density at radius 2 is 1.86 bits per heavy atom. The van der Waals surface area contributed by atoms with Crippen LogP contribution in [0, 0.1) is 0 Å². The molecule has 0 saturated heterocycles. The first-order valence-electron chi connectivity index (χ1n) is 5.71. The van der Waals surface area contributed by atoms with Crippen LogP contribution in [0.15, 0.2) is 40.9 Å². The van der Waals surface area contributed by atoms with E-state index in [-0.39, 0.29) is 16.9 Å². The SMILES string of the molecule is O=C(O)c1ccc(NC(=O)c2cc(Cl)ccc2O)c(Br)c1. The first kappa shape index (κ1) is 15.3. The summed E-state index contributed by atoms with van der Waals surface area (Å²) < 4.78 is 0.414. The molecule has 0 aliphatic rings. The molecule has 0 spiro atoms. The maximum atomic E-state index is 12.1. The minimum atomic E-state index is -1.07. The molecule has 3 N–H and O–H groups in total. The van der Waals surface area contributed by atoms with Crippen LogP contribution in [0.2, 0.25) is 5.02 Å². The van der Waals surface area contributed by atoms with E-state index in [4.69, 9.17) is 16.7 Å². The second kappa shape index (κ2) is 6.15. The summed E-state index contributed by atoms with van der Waals surface area (Å²) in [7, 11) is 0. The summed E-state index contributed by atoms with van der Waals surface area (Å²) in [5.41, 5.74) is 0.492. The number of halogens is 2. The van der Waals surface area contributed by atoms with Gasteiger partial charge in [-0.25, -0.2) is 4.79 Å². The lowest BCUT2D eigenvalue weighted by atomic mass is 10.1. The van der Waals surface area contributed by atoms with Gasteiger partial charge in [-0.1, -0.05) is 11.6 Å². The lowest BCUT2D eigenvalue weighted by Gasteiger charge is -2.09. The van der Waals surface area contributed by atoms with E-state index < -0.39 is 11.9 Å². The maximum absolute atomic E-state index is 12.1. The number of carboxylic acids is 1. The van der Waals surface area contributed by atoms with Gasteiger partial charge in [-0.2, -0.15) is 0 Å². The van der Waals surface area contributed by atoms with E-state index in [0.717, 1.165) is 0 Å². The van der Waals surface area contributed by atoms with Crippen LogP contribution in [0.5, 0.6) is 5.75 Å². The van der Waals surface area contributed by atoms with E-state index in [9.17, 15) is 14.7 Å². The van der Waals surface area contributed by atoms with Crippen LogP contribution in [-0.2, 0) is 0 Å². The number of nitrogens with one attached hydrogen (secondary N) is 1. The summed E-state index contributed by atoms with van der Waals surface area (Å²) in [5, 5.41) is 21.4. The zero-order chi connectivity index (χ0) is 15.6. The number of carbonyl (C=O) groups is 2. The highest BCUT2D eigenvalue weighted by molar-refractivity contribution is 9.10. The first-order chi connectivity index (χ1) is 9.88. The van der Waals surface area contributed by atoms with Gasteiger partial charge in [0.05, 0.1) is 16.8 Å². The van der Waals surface area contributed by atoms with Gasteiger partial charge in [0.2, 0.25) is 0 Å². The average molecular weight is 371 g/mol. The van der Waals surface area contributed by atoms with E-state index in [2.05, 4.69) is 21.2 Å². The molecular weight excluding hydrogens is 362 g/mol. The number of benzene rings is 2. The topological polar surface area (TPSA) is 86.6 Å². The molecule has 0 aromatic heterocycles. The van der Waals surface area contributed by atoms with Crippen molar-refractivity contribution in [2.75, 3.05) is 5.32 Å². The Hall–Kier alpha value is -2.05. The predicted octanol–water partition coefficient (Wildman–Crippen LogP) is 3.76. The molecule has 2 aromatic carbocycles. The molecule has 108 valence electrons. The van der Waals surface area contributed by atoms with E-state index >= 15 is 0 Å². The Bertz CT molecular complexity index is 733. The van der Waals surface area contributed by atoms with Crippen LogP contribution in [-0.4, -0.2) is 22.1 Å². The third-order valence-corrected chi connectivity index (χ3v) is 3.56. The number of rotatable bonds is 3. The van der Waals surface area contributed by atoms with Crippen LogP contribution in [0.3, 0.4) is 0 Å². The predicted molar refractivity (Wildman–Crippen MR) is 82.2 cm³/mol. The van der Waals surface area contributed by atoms with Crippen LogP contribution in [0.4, 0.5) is 5.69 Å². The molecule has 2 rings (SSSR count). The molecule has 0 heterocycles. The number of phenolic OH excluding ortho intramolecular Hbond substituents is 1. The second-order valence-electron chi connectivity index (χ2n) is 4.12. The molecule has 0 aliphatic carbocycles. The summed E-state index contributed by atoms with van der Waals surface area (Å²) in [6.07, 6.45) is 0. The molecule has 0 unspecified atom stereocenters. The van der Waals surface area contributed by atoms with Gasteiger partial charge < -0.3 is 15.5 Å². The van der Waals surface area contributed by atoms with E-state index in [1.807, 2.05) is 0 Å². The van der Waals surface area contributed by atoms with Crippen molar-refractivity contribution in [1.82, 2.24) is 0 Å². The number of carbonyl (C=O) groups excluding carboxylic acids is 1. The van der Waals surface area contributed by atoms with E-state index in [1.165, 1.54) is 36.4 Å². The molecule has 0 fully saturated rings. The Morgan fingerprint density at radius 1 is 1.14 bits per heavy atom. The zero-order valence-corrected chi connectivity index (χ0v) is 12.8. The fourth-order valence-electron chi connectivity index (χ4n) is 1.63. The number of amides is 1. The van der Waals surface area contributed by atoms with Gasteiger partial charge in [0.25, 0.3) is 5.91 Å². The van der Waals surface area contributed by atoms with Crippen molar-refractivity contribution in [2.24, 2.45) is 0 Å². The molecule has 0 saturated carbocycles. The fourth-order valence-corrected chi connectivity index (χ4v) is 2.28. The summed E-state index contributed by atoms with van der Waals surface area (Å²) in [6.45, 7) is 0. The summed E-state index contributed by atoms with van der Waals surface area (Å²) in [5.74, 6) is -1.82. The van der Waals surface area contributed by atoms with Gasteiger partial charge in [0, 0.05) is 9.50 Å². The normalized spacial score (nSPS) is 10.2. The van der Waals surface area contributed by atoms with Crippen molar-refractivity contribution in [3.8, 4) is 5.75 Å². The molecule has 0 bridgehead atoms. The second-order valence-corrected chi connectivity index (χ2v) is 5.41. The van der Waals surface area contributed by atoms with Gasteiger partial charge in [-0.15, -0.1) is 0 Å². The number of aromatic hydroxyl groups is 1. The molecular formula is C14H9BrClNO4. The Kier molecular flexibility index (Phi) is 4.50. The monoisotopic (exact) mass is 369 g/mol. The molecule has 0 aliphatic heterocycles. The van der Waals surface area contributed by atoms with Gasteiger partial charge in [0.1, 0.15) is 5.75 Å². The summed E-state index contributed by atoms with van der Waals surface area (Å²) in [6, 6.07) is 8.31. The highest BCUT2D eigenvalue weighted by atomic mass is 79.9. The number of anilines is 1. The minimum Gasteiger partial charge on any atom is -0.507 e. The van der Waals surface area contributed by atoms with Crippen molar-refractivity contribution in [2.45, 2.75) is 0 Å². The van der Waals surface area contributed by atoms with Crippen LogP contribution >= 0.6 is 27.5 Å². The standard InChI is InChI=1S/C14H9BrClNO4/c15-10-5-7(14(20)21)1-3-11(10)17-13(19)9-6-8(16)2-4-12(9)18/h1-6,18H,(H,17,19)(H,20,21). The maximum Gasteiger partial charge on any atom is 0.335 e. The highest BCUT2D eigenvalue weighted by Crippen LogP contribution is 2.27. The highest BCUT2D eigenvalue weighted by Gasteiger charge is 2.14. The van der Waals surface area contributed by atoms with E-state index in [0.29, 0.717) is 15.2 Å². The number of hydrogen-bond acceptors (Lipinski definition) is 3. The molecule has 0 radical (unpaired) electrons. The third-order valence-electron chi connectivity index (χ3n) is 2.67. The minimum absolute atomic E-state index is 0.0247. The van der Waals surface area contributed by atoms with Gasteiger partial charge in [-0.05, 0) is 52.3 Å². The molecule has 7 heteroatoms. The largest absolute Gasteiger partial charge is 0.507 e. The van der Waals surface area contributed by atoms with Crippen LogP contribution in [0.1, 0.15) is 20.7 Å².